The highest BCUT2D eigenvalue weighted by Crippen LogP contribution is 2.43. The van der Waals surface area contributed by atoms with Gasteiger partial charge in [0.15, 0.2) is 0 Å². The Hall–Kier alpha value is -1.02. The molecule has 0 aromatic carbocycles. The number of carbonyl (C=O) groups is 1. The van der Waals surface area contributed by atoms with Crippen molar-refractivity contribution >= 4 is 13.7 Å². The maximum Gasteiger partial charge on any atom is 0.472 e. The van der Waals surface area contributed by atoms with Crippen LogP contribution in [0.15, 0.2) is 24.3 Å². The van der Waals surface area contributed by atoms with E-state index in [-0.39, 0.29) is 19.1 Å². The zero-order valence-electron chi connectivity index (χ0n) is 58.1. The third-order valence-electron chi connectivity index (χ3n) is 17.9. The van der Waals surface area contributed by atoms with Gasteiger partial charge in [0.25, 0.3) is 0 Å². The molecule has 3 unspecified atom stereocenters. The molecular formula is C76H152N2O6P+. The number of carbonyl (C=O) groups excluding carboxylic acids is 1. The van der Waals surface area contributed by atoms with Crippen LogP contribution in [0.2, 0.25) is 0 Å². The van der Waals surface area contributed by atoms with E-state index in [1.807, 2.05) is 27.2 Å². The van der Waals surface area contributed by atoms with Gasteiger partial charge in [-0.15, -0.1) is 0 Å². The molecule has 0 bridgehead atoms. The minimum absolute atomic E-state index is 0.0646. The molecule has 0 saturated carbocycles. The number of aliphatic hydroxyl groups excluding tert-OH is 1. The lowest BCUT2D eigenvalue weighted by Crippen LogP contribution is -2.45. The van der Waals surface area contributed by atoms with E-state index in [1.54, 1.807) is 6.08 Å². The average molecular weight is 1220 g/mol. The molecule has 0 aromatic heterocycles. The average Bonchev–Trinajstić information content (AvgIpc) is 3.49. The molecule has 0 saturated heterocycles. The van der Waals surface area contributed by atoms with Crippen molar-refractivity contribution in [2.24, 2.45) is 0 Å². The number of phosphoric acid groups is 1. The van der Waals surface area contributed by atoms with Crippen molar-refractivity contribution in [1.82, 2.24) is 5.32 Å². The van der Waals surface area contributed by atoms with Crippen molar-refractivity contribution in [2.45, 2.75) is 418 Å². The van der Waals surface area contributed by atoms with E-state index in [1.165, 1.54) is 353 Å². The van der Waals surface area contributed by atoms with Crippen LogP contribution in [0.3, 0.4) is 0 Å². The Morgan fingerprint density at radius 2 is 0.635 bits per heavy atom. The van der Waals surface area contributed by atoms with Gasteiger partial charge in [-0.25, -0.2) is 4.57 Å². The lowest BCUT2D eigenvalue weighted by Gasteiger charge is -2.25. The summed E-state index contributed by atoms with van der Waals surface area (Å²) < 4.78 is 23.9. The fraction of sp³-hybridized carbons (Fsp3) is 0.934. The van der Waals surface area contributed by atoms with E-state index in [4.69, 9.17) is 9.05 Å². The van der Waals surface area contributed by atoms with Crippen molar-refractivity contribution in [3.63, 3.8) is 0 Å². The molecule has 1 amide bonds. The topological polar surface area (TPSA) is 105 Å². The van der Waals surface area contributed by atoms with Crippen LogP contribution < -0.4 is 5.32 Å². The predicted molar refractivity (Wildman–Crippen MR) is 374 cm³/mol. The molecule has 0 spiro atoms. The maximum atomic E-state index is 13.1. The van der Waals surface area contributed by atoms with Crippen molar-refractivity contribution < 1.29 is 32.9 Å². The van der Waals surface area contributed by atoms with Gasteiger partial charge in [-0.1, -0.05) is 378 Å². The Balaban J connectivity index is 3.98. The third-order valence-corrected chi connectivity index (χ3v) is 18.9. The number of aliphatic hydroxyl groups is 1. The Kier molecular flexibility index (Phi) is 66.6. The van der Waals surface area contributed by atoms with Gasteiger partial charge in [-0.2, -0.15) is 0 Å². The quantitative estimate of drug-likeness (QED) is 0.0243. The SMILES string of the molecule is CCCCCCCCCC/C=C\CCCCCCCCCCCCCCCCCCCCCC(=O)NC(COP(=O)(O)OCC[N+](C)(C)C)C(O)/C=C/CCCCCCCCCCCCCCCCCCCCCCCCCCCCCCCC. The second kappa shape index (κ2) is 67.4. The van der Waals surface area contributed by atoms with Crippen LogP contribution in [0.4, 0.5) is 0 Å². The third kappa shape index (κ3) is 70.3. The molecule has 3 atom stereocenters. The zero-order valence-corrected chi connectivity index (χ0v) is 59.0. The lowest BCUT2D eigenvalue weighted by molar-refractivity contribution is -0.870. The number of nitrogens with zero attached hydrogens (tertiary/aromatic N) is 1. The Morgan fingerprint density at radius 1 is 0.388 bits per heavy atom. The van der Waals surface area contributed by atoms with Gasteiger partial charge in [0.05, 0.1) is 39.9 Å². The molecule has 0 aliphatic rings. The summed E-state index contributed by atoms with van der Waals surface area (Å²) in [4.78, 5) is 23.5. The molecule has 9 heteroatoms. The van der Waals surface area contributed by atoms with Gasteiger partial charge in [0, 0.05) is 6.42 Å². The predicted octanol–water partition coefficient (Wildman–Crippen LogP) is 24.6. The number of hydrogen-bond donors (Lipinski definition) is 3. The number of phosphoric ester groups is 1. The van der Waals surface area contributed by atoms with E-state index in [0.717, 1.165) is 32.1 Å². The second-order valence-corrected chi connectivity index (χ2v) is 29.2. The maximum absolute atomic E-state index is 13.1. The van der Waals surface area contributed by atoms with Gasteiger partial charge in [0.1, 0.15) is 13.2 Å². The number of rotatable bonds is 72. The van der Waals surface area contributed by atoms with Crippen LogP contribution in [0.5, 0.6) is 0 Å². The van der Waals surface area contributed by atoms with Crippen molar-refractivity contribution in [3.8, 4) is 0 Å². The molecule has 0 aliphatic heterocycles. The highest BCUT2D eigenvalue weighted by atomic mass is 31.2. The van der Waals surface area contributed by atoms with E-state index in [0.29, 0.717) is 17.4 Å². The molecule has 3 N–H and O–H groups in total. The fourth-order valence-corrected chi connectivity index (χ4v) is 12.7. The standard InChI is InChI=1S/C76H151N2O6P/c1-6-8-10-12-14-16-18-20-22-24-26-28-30-32-34-36-38-40-41-43-45-47-49-51-53-55-57-59-61-63-65-67-69-75(79)74(73-84-85(81,82)83-72-71-78(3,4)5)77-76(80)70-68-66-64-62-60-58-56-54-52-50-48-46-44-42-39-37-35-33-31-29-27-25-23-21-19-17-15-13-11-9-7-2/h25,27,67,69,74-75,79H,6-24,26,28-66,68,70-73H2,1-5H3,(H-,77,80,81,82)/p+1/b27-25-,69-67+. The summed E-state index contributed by atoms with van der Waals surface area (Å²) in [6.45, 7) is 4.89. The number of likely N-dealkylation sites (N-methyl/N-ethyl adjacent to an activating group) is 1. The summed E-state index contributed by atoms with van der Waals surface area (Å²) in [6, 6.07) is -0.846. The zero-order chi connectivity index (χ0) is 61.9. The van der Waals surface area contributed by atoms with Crippen molar-refractivity contribution in [2.75, 3.05) is 40.9 Å². The fourth-order valence-electron chi connectivity index (χ4n) is 12.0. The van der Waals surface area contributed by atoms with Gasteiger partial charge in [-0.3, -0.25) is 13.8 Å². The summed E-state index contributed by atoms with van der Waals surface area (Å²) in [5, 5.41) is 14.1. The molecule has 506 valence electrons. The van der Waals surface area contributed by atoms with E-state index < -0.39 is 20.0 Å². The molecule has 0 heterocycles. The normalized spacial score (nSPS) is 13.6. The Bertz CT molecular complexity index is 1430. The monoisotopic (exact) mass is 1220 g/mol. The number of allylic oxidation sites excluding steroid dienone is 3. The van der Waals surface area contributed by atoms with Gasteiger partial charge in [-0.05, 0) is 44.9 Å². The minimum Gasteiger partial charge on any atom is -0.387 e. The number of nitrogens with one attached hydrogen (secondary N) is 1. The molecule has 0 rings (SSSR count). The molecule has 0 radical (unpaired) electrons. The first-order valence-electron chi connectivity index (χ1n) is 38.2. The first-order chi connectivity index (χ1) is 41.5. The van der Waals surface area contributed by atoms with Crippen LogP contribution in [-0.4, -0.2) is 73.4 Å². The summed E-state index contributed by atoms with van der Waals surface area (Å²) in [5.41, 5.74) is 0. The van der Waals surface area contributed by atoms with E-state index in [2.05, 4.69) is 31.3 Å². The minimum atomic E-state index is -4.35. The first-order valence-corrected chi connectivity index (χ1v) is 39.7. The van der Waals surface area contributed by atoms with Crippen LogP contribution >= 0.6 is 7.82 Å². The summed E-state index contributed by atoms with van der Waals surface area (Å²) >= 11 is 0. The highest BCUT2D eigenvalue weighted by molar-refractivity contribution is 7.47. The molecule has 0 aromatic rings. The van der Waals surface area contributed by atoms with Crippen molar-refractivity contribution in [1.29, 1.82) is 0 Å². The molecule has 8 nitrogen and oxygen atoms in total. The Labute approximate surface area is 532 Å². The second-order valence-electron chi connectivity index (χ2n) is 27.7. The van der Waals surface area contributed by atoms with Gasteiger partial charge < -0.3 is 19.8 Å². The number of amides is 1. The van der Waals surface area contributed by atoms with Crippen LogP contribution in [0, 0.1) is 0 Å². The van der Waals surface area contributed by atoms with Crippen LogP contribution in [0.25, 0.3) is 0 Å². The van der Waals surface area contributed by atoms with Crippen LogP contribution in [-0.2, 0) is 18.4 Å². The summed E-state index contributed by atoms with van der Waals surface area (Å²) in [6.07, 6.45) is 89.3. The number of unbranched alkanes of at least 4 members (excludes halogenated alkanes) is 57. The lowest BCUT2D eigenvalue weighted by atomic mass is 10.0. The smallest absolute Gasteiger partial charge is 0.387 e. The van der Waals surface area contributed by atoms with Gasteiger partial charge in [0.2, 0.25) is 5.91 Å². The molecule has 85 heavy (non-hydrogen) atoms. The molecular weight excluding hydrogens is 1070 g/mol. The highest BCUT2D eigenvalue weighted by Gasteiger charge is 2.28. The van der Waals surface area contributed by atoms with E-state index in [9.17, 15) is 19.4 Å². The van der Waals surface area contributed by atoms with Gasteiger partial charge >= 0.3 is 7.82 Å². The number of hydrogen-bond acceptors (Lipinski definition) is 5. The number of quaternary nitrogens is 1. The first kappa shape index (κ1) is 84.0. The summed E-state index contributed by atoms with van der Waals surface area (Å²) in [7, 11) is 1.60. The Morgan fingerprint density at radius 3 is 0.906 bits per heavy atom. The molecule has 0 fully saturated rings. The molecule has 0 aliphatic carbocycles. The largest absolute Gasteiger partial charge is 0.472 e. The van der Waals surface area contributed by atoms with E-state index >= 15 is 0 Å². The summed E-state index contributed by atoms with van der Waals surface area (Å²) in [5.74, 6) is -0.167. The van der Waals surface area contributed by atoms with Crippen molar-refractivity contribution in [3.05, 3.63) is 24.3 Å². The van der Waals surface area contributed by atoms with Crippen LogP contribution in [0.1, 0.15) is 406 Å².